The number of ether oxygens (including phenoxy) is 2. The highest BCUT2D eigenvalue weighted by atomic mass is 16.7. The Morgan fingerprint density at radius 3 is 3.06 bits per heavy atom. The zero-order chi connectivity index (χ0) is 12.3. The van der Waals surface area contributed by atoms with Gasteiger partial charge in [-0.15, -0.1) is 0 Å². The van der Waals surface area contributed by atoms with Crippen LogP contribution < -0.4 is 10.5 Å². The number of fused-ring (bicyclic) bond motifs is 1. The monoisotopic (exact) mass is 238 g/mol. The molecule has 0 spiro atoms. The smallest absolute Gasteiger partial charge is 0.189 e. The molecule has 0 atom stereocenters. The van der Waals surface area contributed by atoms with Crippen LogP contribution in [0.15, 0.2) is 12.1 Å². The summed E-state index contributed by atoms with van der Waals surface area (Å²) in [6, 6.07) is 3.79. The number of nitrogens with two attached hydrogens (primary N) is 1. The van der Waals surface area contributed by atoms with E-state index in [4.69, 9.17) is 20.3 Å². The zero-order valence-electron chi connectivity index (χ0n) is 9.98. The van der Waals surface area contributed by atoms with Gasteiger partial charge in [0.15, 0.2) is 6.79 Å². The predicted molar refractivity (Wildman–Crippen MR) is 64.6 cm³/mol. The molecule has 3 N–H and O–H groups in total. The van der Waals surface area contributed by atoms with Crippen molar-refractivity contribution in [2.75, 3.05) is 32.7 Å². The van der Waals surface area contributed by atoms with Crippen molar-refractivity contribution in [1.82, 2.24) is 4.90 Å². The Balaban J connectivity index is 2.23. The van der Waals surface area contributed by atoms with Gasteiger partial charge in [-0.25, -0.2) is 0 Å². The molecule has 0 fully saturated rings. The van der Waals surface area contributed by atoms with Crippen LogP contribution in [0.3, 0.4) is 0 Å². The molecule has 2 rings (SSSR count). The minimum absolute atomic E-state index is 0.144. The van der Waals surface area contributed by atoms with Gasteiger partial charge < -0.3 is 20.3 Å². The third-order valence-corrected chi connectivity index (χ3v) is 2.73. The molecule has 0 saturated carbocycles. The molecule has 17 heavy (non-hydrogen) atoms. The third kappa shape index (κ3) is 2.88. The third-order valence-electron chi connectivity index (χ3n) is 2.73. The van der Waals surface area contributed by atoms with Crippen molar-refractivity contribution in [2.24, 2.45) is 0 Å². The van der Waals surface area contributed by atoms with Crippen molar-refractivity contribution in [2.45, 2.75) is 13.2 Å². The van der Waals surface area contributed by atoms with E-state index in [2.05, 4.69) is 0 Å². The Morgan fingerprint density at radius 1 is 1.47 bits per heavy atom. The second-order valence-electron chi connectivity index (χ2n) is 4.24. The Labute approximate surface area is 101 Å². The van der Waals surface area contributed by atoms with E-state index in [0.717, 1.165) is 16.9 Å². The van der Waals surface area contributed by atoms with E-state index in [1.165, 1.54) is 0 Å². The molecule has 0 saturated heterocycles. The number of anilines is 1. The van der Waals surface area contributed by atoms with Crippen LogP contribution in [0.4, 0.5) is 5.69 Å². The summed E-state index contributed by atoms with van der Waals surface area (Å²) < 4.78 is 10.7. The first-order valence-electron chi connectivity index (χ1n) is 5.62. The van der Waals surface area contributed by atoms with Crippen LogP contribution in [0.2, 0.25) is 0 Å². The van der Waals surface area contributed by atoms with Gasteiger partial charge in [-0.3, -0.25) is 4.90 Å². The maximum atomic E-state index is 8.89. The van der Waals surface area contributed by atoms with Crippen molar-refractivity contribution in [3.05, 3.63) is 23.3 Å². The van der Waals surface area contributed by atoms with Gasteiger partial charge in [-0.2, -0.15) is 0 Å². The fraction of sp³-hybridized carbons (Fsp3) is 0.500. The van der Waals surface area contributed by atoms with Crippen molar-refractivity contribution in [1.29, 1.82) is 0 Å². The van der Waals surface area contributed by atoms with Gasteiger partial charge in [0.25, 0.3) is 0 Å². The molecular weight excluding hydrogens is 220 g/mol. The number of benzene rings is 1. The molecular formula is C12H18N2O3. The van der Waals surface area contributed by atoms with Crippen LogP contribution in [0.1, 0.15) is 11.1 Å². The van der Waals surface area contributed by atoms with Crippen LogP contribution in [0, 0.1) is 0 Å². The highest BCUT2D eigenvalue weighted by Gasteiger charge is 2.16. The van der Waals surface area contributed by atoms with Crippen LogP contribution in [-0.4, -0.2) is 37.0 Å². The number of hydrogen-bond donors (Lipinski definition) is 2. The molecule has 0 unspecified atom stereocenters. The van der Waals surface area contributed by atoms with Crippen LogP contribution in [0.5, 0.6) is 5.75 Å². The van der Waals surface area contributed by atoms with Gasteiger partial charge in [0.05, 0.1) is 13.2 Å². The van der Waals surface area contributed by atoms with Gasteiger partial charge in [0.2, 0.25) is 0 Å². The lowest BCUT2D eigenvalue weighted by atomic mass is 10.1. The maximum Gasteiger partial charge on any atom is 0.189 e. The summed E-state index contributed by atoms with van der Waals surface area (Å²) in [7, 11) is 1.95. The van der Waals surface area contributed by atoms with Gasteiger partial charge >= 0.3 is 0 Å². The van der Waals surface area contributed by atoms with Crippen molar-refractivity contribution < 1.29 is 14.6 Å². The normalized spacial score (nSPS) is 14.5. The van der Waals surface area contributed by atoms with E-state index < -0.39 is 0 Å². The summed E-state index contributed by atoms with van der Waals surface area (Å²) >= 11 is 0. The van der Waals surface area contributed by atoms with E-state index in [0.29, 0.717) is 25.4 Å². The van der Waals surface area contributed by atoms with Crippen molar-refractivity contribution in [3.63, 3.8) is 0 Å². The van der Waals surface area contributed by atoms with Crippen LogP contribution >= 0.6 is 0 Å². The minimum atomic E-state index is 0.144. The summed E-state index contributed by atoms with van der Waals surface area (Å²) in [6.07, 6.45) is 0. The van der Waals surface area contributed by atoms with E-state index in [1.807, 2.05) is 24.1 Å². The number of hydrogen-bond acceptors (Lipinski definition) is 5. The van der Waals surface area contributed by atoms with E-state index >= 15 is 0 Å². The zero-order valence-corrected chi connectivity index (χ0v) is 9.98. The van der Waals surface area contributed by atoms with Gasteiger partial charge in [0, 0.05) is 29.9 Å². The van der Waals surface area contributed by atoms with Crippen molar-refractivity contribution in [3.8, 4) is 5.75 Å². The van der Waals surface area contributed by atoms with E-state index in [1.54, 1.807) is 0 Å². The lowest BCUT2D eigenvalue weighted by Crippen LogP contribution is -2.23. The fourth-order valence-corrected chi connectivity index (χ4v) is 1.98. The molecule has 94 valence electrons. The highest BCUT2D eigenvalue weighted by molar-refractivity contribution is 5.53. The molecule has 1 aromatic carbocycles. The number of likely N-dealkylation sites (N-methyl/N-ethyl adjacent to an activating group) is 1. The average molecular weight is 238 g/mol. The quantitative estimate of drug-likeness (QED) is 0.750. The van der Waals surface area contributed by atoms with Crippen LogP contribution in [-0.2, 0) is 17.9 Å². The van der Waals surface area contributed by atoms with Crippen LogP contribution in [0.25, 0.3) is 0 Å². The minimum Gasteiger partial charge on any atom is -0.467 e. The fourth-order valence-electron chi connectivity index (χ4n) is 1.98. The van der Waals surface area contributed by atoms with Crippen molar-refractivity contribution >= 4 is 5.69 Å². The largest absolute Gasteiger partial charge is 0.467 e. The molecule has 1 aliphatic heterocycles. The second-order valence-corrected chi connectivity index (χ2v) is 4.24. The predicted octanol–water partition coefficient (Wildman–Crippen LogP) is 0.559. The Bertz CT molecular complexity index is 396. The van der Waals surface area contributed by atoms with Gasteiger partial charge in [-0.05, 0) is 19.2 Å². The summed E-state index contributed by atoms with van der Waals surface area (Å²) in [6.45, 7) is 2.30. The summed E-state index contributed by atoms with van der Waals surface area (Å²) in [5, 5.41) is 8.89. The first-order chi connectivity index (χ1) is 8.20. The lowest BCUT2D eigenvalue weighted by molar-refractivity contribution is -0.0173. The molecule has 1 heterocycles. The summed E-state index contributed by atoms with van der Waals surface area (Å²) in [4.78, 5) is 2.02. The average Bonchev–Trinajstić information content (AvgIpc) is 2.29. The first-order valence-corrected chi connectivity index (χ1v) is 5.62. The standard InChI is InChI=1S/C12H18N2O3/c1-14(2-3-15)6-9-4-11(13)5-10-7-16-8-17-12(9)10/h4-5,15H,2-3,6-8,13H2,1H3. The second kappa shape index (κ2) is 5.35. The molecule has 1 aliphatic rings. The topological polar surface area (TPSA) is 68.0 Å². The first kappa shape index (κ1) is 12.2. The maximum absolute atomic E-state index is 8.89. The highest BCUT2D eigenvalue weighted by Crippen LogP contribution is 2.31. The summed E-state index contributed by atoms with van der Waals surface area (Å²) in [5.74, 6) is 0.871. The Morgan fingerprint density at radius 2 is 2.29 bits per heavy atom. The Hall–Kier alpha value is -1.30. The number of aliphatic hydroxyl groups is 1. The number of nitrogens with zero attached hydrogens (tertiary/aromatic N) is 1. The molecule has 5 nitrogen and oxygen atoms in total. The van der Waals surface area contributed by atoms with Gasteiger partial charge in [-0.1, -0.05) is 0 Å². The van der Waals surface area contributed by atoms with E-state index in [-0.39, 0.29) is 13.4 Å². The molecule has 0 aromatic heterocycles. The van der Waals surface area contributed by atoms with Gasteiger partial charge in [0.1, 0.15) is 5.75 Å². The van der Waals surface area contributed by atoms with E-state index in [9.17, 15) is 0 Å². The SMILES string of the molecule is CN(CCO)Cc1cc(N)cc2c1OCOC2. The number of nitrogen functional groups attached to an aromatic ring is 1. The number of rotatable bonds is 4. The molecule has 0 aliphatic carbocycles. The molecule has 0 bridgehead atoms. The molecule has 5 heteroatoms. The molecule has 0 amide bonds. The molecule has 0 radical (unpaired) electrons. The molecule has 1 aromatic rings. The summed E-state index contributed by atoms with van der Waals surface area (Å²) in [5.41, 5.74) is 8.60. The lowest BCUT2D eigenvalue weighted by Gasteiger charge is -2.23. The number of aliphatic hydroxyl groups excluding tert-OH is 1. The Kier molecular flexibility index (Phi) is 3.83.